The maximum absolute atomic E-state index is 12.6. The summed E-state index contributed by atoms with van der Waals surface area (Å²) in [7, 11) is 0. The summed E-state index contributed by atoms with van der Waals surface area (Å²) in [5, 5.41) is 0. The molecule has 0 aromatic heterocycles. The van der Waals surface area contributed by atoms with Gasteiger partial charge in [-0.2, -0.15) is 0 Å². The molecule has 0 fully saturated rings. The number of benzene rings is 14. The molecule has 712 valence electrons. The summed E-state index contributed by atoms with van der Waals surface area (Å²) in [4.78, 5) is 0. The van der Waals surface area contributed by atoms with Crippen molar-refractivity contribution in [2.24, 2.45) is 10.8 Å². The Labute approximate surface area is 837 Å². The van der Waals surface area contributed by atoms with Crippen molar-refractivity contribution in [1.82, 2.24) is 0 Å². The van der Waals surface area contributed by atoms with Gasteiger partial charge in [0.15, 0.2) is 0 Å². The molecule has 2 aliphatic carbocycles. The molecule has 2 unspecified atom stereocenters. The standard InChI is InChI=1S/C138H154O/c1-121(2,99-71-43-29-44-72-99)113-115(123(5,6)101-75-47-31-48-76-101)119(127(13,14)105-83-55-35-56-84-105)137(133(25,26)111-95-67-41-68-96-111,135(129(17,18)107-87-59-37-60-88-107,130(19,20)108-89-61-38-62-90-108)117(113)125(9,10)103-79-51-33-52-80-103)139-138(134(27,28)112-97-69-42-70-98-112)120(128(15,16)106-85-57-36-58-86-106)116(124(7,8)102-77-49-32-50-78-102)114(122(3,4)100-73-45-30-46-74-100)118(126(11,12)104-81-53-34-54-82-104)136(138,131(21,22)109-91-63-39-64-92-109)132(23,24)110-93-65-40-66-94-110/h29-98H,1-28H3. The predicted molar refractivity (Wildman–Crippen MR) is 592 cm³/mol. The number of rotatable bonds is 30. The SMILES string of the molecule is CC(C)(C1=C(C(C)(C)c2ccccc2)C(OC2(C(C)(C)c3ccccc3)C(C(C)(C)c3ccccc3)=C(C(C)(C)c3ccccc3)C(C(C)(C)c3ccccc3)=C(C(C)(C)c3ccccc3)C2(C(C)(C)c2ccccc2)C(C)(C)c2ccccc2)(C(C)(C)c2ccccc2)C(C(C)(C)c2ccccc2)(C(C)(C)c2ccccc2)C(C(C)(C)c2ccccc2)=C1C(C)(C)c1ccccc1)c1ccccc1. The van der Waals surface area contributed by atoms with E-state index in [9.17, 15) is 4.74 Å². The van der Waals surface area contributed by atoms with Gasteiger partial charge >= 0.3 is 0 Å². The quantitative estimate of drug-likeness (QED) is 0.0436. The van der Waals surface area contributed by atoms with Crippen LogP contribution in [0.25, 0.3) is 0 Å². The Balaban J connectivity index is 1.45. The molecule has 0 saturated carbocycles. The fourth-order valence-electron chi connectivity index (χ4n) is 28.8. The lowest BCUT2D eigenvalue weighted by Gasteiger charge is -2.81. The van der Waals surface area contributed by atoms with Gasteiger partial charge in [0.05, 0.1) is 0 Å². The van der Waals surface area contributed by atoms with Gasteiger partial charge in [-0.15, -0.1) is 0 Å². The van der Waals surface area contributed by atoms with E-state index in [4.69, 9.17) is 0 Å². The molecule has 16 rings (SSSR count). The van der Waals surface area contributed by atoms with E-state index in [1.54, 1.807) is 0 Å². The van der Waals surface area contributed by atoms with Gasteiger partial charge < -0.3 is 4.74 Å². The Hall–Kier alpha value is -12.0. The molecule has 139 heavy (non-hydrogen) atoms. The Morgan fingerprint density at radius 1 is 0.122 bits per heavy atom. The van der Waals surface area contributed by atoms with Crippen molar-refractivity contribution in [3.8, 4) is 0 Å². The minimum absolute atomic E-state index is 0.892. The number of ether oxygens (including phenoxy) is 1. The van der Waals surface area contributed by atoms with Crippen molar-refractivity contribution in [3.05, 3.63) is 547 Å². The van der Waals surface area contributed by atoms with Crippen molar-refractivity contribution in [2.75, 3.05) is 0 Å². The van der Waals surface area contributed by atoms with E-state index in [-0.39, 0.29) is 0 Å². The van der Waals surface area contributed by atoms with Gasteiger partial charge in [-0.05, 0) is 122 Å². The topological polar surface area (TPSA) is 9.23 Å². The third kappa shape index (κ3) is 15.1. The Bertz CT molecular complexity index is 6230. The van der Waals surface area contributed by atoms with Crippen LogP contribution in [0.5, 0.6) is 0 Å². The van der Waals surface area contributed by atoms with Crippen LogP contribution < -0.4 is 0 Å². The van der Waals surface area contributed by atoms with Crippen molar-refractivity contribution in [2.45, 2.75) is 281 Å². The average Bonchev–Trinajstić information content (AvgIpc) is 0.612. The summed E-state index contributed by atoms with van der Waals surface area (Å²) in [5.41, 5.74) is 4.62. The van der Waals surface area contributed by atoms with Crippen LogP contribution in [-0.4, -0.2) is 11.2 Å². The number of hydrogen-bond acceptors (Lipinski definition) is 1. The monoisotopic (exact) mass is 1830 g/mol. The van der Waals surface area contributed by atoms with Gasteiger partial charge in [-0.3, -0.25) is 0 Å². The zero-order valence-electron chi connectivity index (χ0n) is 88.8. The first-order valence-electron chi connectivity index (χ1n) is 51.2. The summed E-state index contributed by atoms with van der Waals surface area (Å²) in [6.07, 6.45) is 0. The van der Waals surface area contributed by atoms with Crippen LogP contribution in [0.15, 0.2) is 469 Å². The van der Waals surface area contributed by atoms with Crippen molar-refractivity contribution in [1.29, 1.82) is 0 Å². The lowest BCUT2D eigenvalue weighted by Crippen LogP contribution is -2.85. The van der Waals surface area contributed by atoms with Gasteiger partial charge in [-0.1, -0.05) is 619 Å². The van der Waals surface area contributed by atoms with Gasteiger partial charge in [-0.25, -0.2) is 0 Å². The van der Waals surface area contributed by atoms with E-state index in [0.29, 0.717) is 0 Å². The molecular formula is C138H154O. The highest BCUT2D eigenvalue weighted by Crippen LogP contribution is 2.85. The van der Waals surface area contributed by atoms with Crippen LogP contribution in [0.1, 0.15) is 272 Å². The summed E-state index contributed by atoms with van der Waals surface area (Å²) in [6.45, 7) is 75.0. The highest BCUT2D eigenvalue weighted by atomic mass is 16.5. The molecule has 2 atom stereocenters. The molecule has 0 amide bonds. The molecule has 14 aromatic rings. The molecule has 0 radical (unpaired) electrons. The number of hydrogen-bond donors (Lipinski definition) is 0. The minimum atomic E-state index is -1.90. The molecule has 0 N–H and O–H groups in total. The van der Waals surface area contributed by atoms with Crippen molar-refractivity contribution >= 4 is 0 Å². The number of allylic oxidation sites excluding steroid dienone is 4. The van der Waals surface area contributed by atoms with Crippen LogP contribution in [0, 0.1) is 10.8 Å². The second-order valence-corrected chi connectivity index (χ2v) is 47.8. The molecule has 14 aromatic carbocycles. The lowest BCUT2D eigenvalue weighted by atomic mass is 9.27. The fourth-order valence-corrected chi connectivity index (χ4v) is 28.8. The van der Waals surface area contributed by atoms with E-state index in [1.165, 1.54) is 111 Å². The normalized spacial score (nSPS) is 17.6. The molecule has 0 bridgehead atoms. The third-order valence-electron chi connectivity index (χ3n) is 35.8. The first-order valence-corrected chi connectivity index (χ1v) is 51.2. The maximum Gasteiger partial charge on any atom is 0.112 e. The zero-order chi connectivity index (χ0) is 99.9. The van der Waals surface area contributed by atoms with E-state index in [0.717, 1.165) is 11.1 Å². The molecule has 0 spiro atoms. The first-order chi connectivity index (χ1) is 65.6. The Morgan fingerprint density at radius 2 is 0.230 bits per heavy atom. The zero-order valence-corrected chi connectivity index (χ0v) is 88.8. The summed E-state index contributed by atoms with van der Waals surface area (Å²) in [5.74, 6) is 0. The van der Waals surface area contributed by atoms with E-state index >= 15 is 0 Å². The highest BCUT2D eigenvalue weighted by Gasteiger charge is 2.87. The van der Waals surface area contributed by atoms with Gasteiger partial charge in [0.1, 0.15) is 11.2 Å². The predicted octanol–water partition coefficient (Wildman–Crippen LogP) is 35.4. The highest BCUT2D eigenvalue weighted by molar-refractivity contribution is 5.78. The molecular weight excluding hydrogens is 1670 g/mol. The molecule has 0 aliphatic heterocycles. The summed E-state index contributed by atoms with van der Waals surface area (Å²) < 4.78 is 12.6. The molecule has 0 saturated heterocycles. The molecule has 0 heterocycles. The van der Waals surface area contributed by atoms with E-state index in [2.05, 4.69) is 619 Å². The third-order valence-corrected chi connectivity index (χ3v) is 35.8. The van der Waals surface area contributed by atoms with Crippen LogP contribution in [0.2, 0.25) is 0 Å². The van der Waals surface area contributed by atoms with Gasteiger partial charge in [0, 0.05) is 86.6 Å². The average molecular weight is 1830 g/mol. The summed E-state index contributed by atoms with van der Waals surface area (Å²) >= 11 is 0. The van der Waals surface area contributed by atoms with Gasteiger partial charge in [0.2, 0.25) is 0 Å². The van der Waals surface area contributed by atoms with Crippen molar-refractivity contribution in [3.63, 3.8) is 0 Å². The van der Waals surface area contributed by atoms with Gasteiger partial charge in [0.25, 0.3) is 0 Å². The van der Waals surface area contributed by atoms with E-state index in [1.807, 2.05) is 0 Å². The van der Waals surface area contributed by atoms with Crippen LogP contribution in [0.4, 0.5) is 0 Å². The van der Waals surface area contributed by atoms with Crippen LogP contribution >= 0.6 is 0 Å². The second-order valence-electron chi connectivity index (χ2n) is 47.8. The van der Waals surface area contributed by atoms with Crippen LogP contribution in [-0.2, 0) is 80.5 Å². The smallest absolute Gasteiger partial charge is 0.112 e. The Kier molecular flexibility index (Phi) is 26.1. The van der Waals surface area contributed by atoms with Crippen LogP contribution in [0.3, 0.4) is 0 Å². The first kappa shape index (κ1) is 100.0. The Morgan fingerprint density at radius 3 is 0.374 bits per heavy atom. The largest absolute Gasteiger partial charge is 0.356 e. The fraction of sp³-hybridized carbons (Fsp3) is 0.333. The summed E-state index contributed by atoms with van der Waals surface area (Å²) in [6, 6.07) is 166. The maximum atomic E-state index is 12.6. The minimum Gasteiger partial charge on any atom is -0.356 e. The molecule has 1 heteroatoms. The lowest BCUT2D eigenvalue weighted by molar-refractivity contribution is -0.304. The molecule has 2 aliphatic rings. The van der Waals surface area contributed by atoms with E-state index < -0.39 is 97.8 Å². The molecule has 1 nitrogen and oxygen atoms in total. The second kappa shape index (κ2) is 36.3. The van der Waals surface area contributed by atoms with Crippen molar-refractivity contribution < 1.29 is 4.74 Å².